The molecule has 1 aromatic carbocycles. The summed E-state index contributed by atoms with van der Waals surface area (Å²) in [6.45, 7) is 0.169. The molecule has 2 saturated carbocycles. The van der Waals surface area contributed by atoms with Crippen LogP contribution in [-0.4, -0.2) is 39.1 Å². The Labute approximate surface area is 149 Å². The molecule has 1 aliphatic heterocycles. The van der Waals surface area contributed by atoms with E-state index in [0.717, 1.165) is 23.3 Å². The number of hydrogen-bond donors (Lipinski definition) is 0. The number of carbonyl (C=O) groups is 1. The highest BCUT2D eigenvalue weighted by molar-refractivity contribution is 6.05. The molecule has 0 aromatic heterocycles. The Balaban J connectivity index is 1.47. The highest BCUT2D eigenvalue weighted by Crippen LogP contribution is 2.51. The van der Waals surface area contributed by atoms with Crippen molar-refractivity contribution in [3.8, 4) is 5.75 Å². The fraction of sp³-hybridized carbons (Fsp3) is 0.650. The Hall–Kier alpha value is -1.59. The van der Waals surface area contributed by atoms with E-state index in [4.69, 9.17) is 14.2 Å². The smallest absolute Gasteiger partial charge is 0.258 e. The van der Waals surface area contributed by atoms with Crippen LogP contribution in [0.1, 0.15) is 32.1 Å². The molecule has 5 heteroatoms. The minimum atomic E-state index is -0.366. The lowest BCUT2D eigenvalue weighted by atomic mass is 9.59. The molecule has 1 heterocycles. The molecule has 3 aliphatic rings. The van der Waals surface area contributed by atoms with Crippen LogP contribution in [0.15, 0.2) is 24.3 Å². The van der Waals surface area contributed by atoms with Gasteiger partial charge in [0.2, 0.25) is 0 Å². The number of β-lactam (4-membered cyclic amide) rings is 1. The monoisotopic (exact) mass is 345 g/mol. The second-order valence-corrected chi connectivity index (χ2v) is 7.57. The highest BCUT2D eigenvalue weighted by Gasteiger charge is 2.56. The molecule has 0 radical (unpaired) electrons. The van der Waals surface area contributed by atoms with Crippen molar-refractivity contribution in [2.75, 3.05) is 25.9 Å². The van der Waals surface area contributed by atoms with Crippen LogP contribution in [0.5, 0.6) is 5.75 Å². The largest absolute Gasteiger partial charge is 0.497 e. The maximum Gasteiger partial charge on any atom is 0.258 e. The van der Waals surface area contributed by atoms with Gasteiger partial charge in [0, 0.05) is 12.8 Å². The van der Waals surface area contributed by atoms with E-state index in [1.54, 1.807) is 14.2 Å². The number of ether oxygens (including phenoxy) is 3. The van der Waals surface area contributed by atoms with Gasteiger partial charge in [-0.1, -0.05) is 19.3 Å². The van der Waals surface area contributed by atoms with Crippen molar-refractivity contribution in [3.05, 3.63) is 24.3 Å². The maximum absolute atomic E-state index is 12.7. The Kier molecular flexibility index (Phi) is 4.69. The van der Waals surface area contributed by atoms with E-state index in [1.807, 2.05) is 29.2 Å². The summed E-state index contributed by atoms with van der Waals surface area (Å²) in [5.74, 6) is 3.16. The first kappa shape index (κ1) is 16.9. The molecule has 4 rings (SSSR count). The van der Waals surface area contributed by atoms with Gasteiger partial charge in [-0.3, -0.25) is 4.79 Å². The quantitative estimate of drug-likeness (QED) is 0.562. The van der Waals surface area contributed by atoms with Gasteiger partial charge in [-0.05, 0) is 54.9 Å². The van der Waals surface area contributed by atoms with Crippen LogP contribution in [0, 0.1) is 17.8 Å². The van der Waals surface area contributed by atoms with Crippen molar-refractivity contribution < 1.29 is 19.0 Å². The molecule has 2 atom stereocenters. The van der Waals surface area contributed by atoms with Gasteiger partial charge in [-0.15, -0.1) is 0 Å². The number of hydrogen-bond acceptors (Lipinski definition) is 4. The lowest BCUT2D eigenvalue weighted by Crippen LogP contribution is -2.70. The van der Waals surface area contributed by atoms with Crippen molar-refractivity contribution in [2.24, 2.45) is 17.8 Å². The zero-order chi connectivity index (χ0) is 17.4. The predicted octanol–water partition coefficient (Wildman–Crippen LogP) is 3.23. The molecule has 0 N–H and O–H groups in total. The molecule has 1 amide bonds. The van der Waals surface area contributed by atoms with Crippen molar-refractivity contribution in [2.45, 2.75) is 44.2 Å². The third-order valence-electron chi connectivity index (χ3n) is 6.32. The average Bonchev–Trinajstić information content (AvgIpc) is 2.55. The van der Waals surface area contributed by atoms with Crippen LogP contribution in [0.25, 0.3) is 0 Å². The normalized spacial score (nSPS) is 31.9. The second kappa shape index (κ2) is 6.96. The molecule has 136 valence electrons. The highest BCUT2D eigenvalue weighted by atomic mass is 16.7. The molecular formula is C20H27NO4. The lowest BCUT2D eigenvalue weighted by molar-refractivity contribution is -0.161. The SMILES string of the molecule is COCO[C@H]1C(=O)N(c2ccc(OC)cc2)C1C1CC(C2CCC2)C1. The molecule has 0 bridgehead atoms. The summed E-state index contributed by atoms with van der Waals surface area (Å²) < 4.78 is 16.0. The van der Waals surface area contributed by atoms with Gasteiger partial charge in [0.05, 0.1) is 13.2 Å². The summed E-state index contributed by atoms with van der Waals surface area (Å²) in [7, 11) is 3.24. The Morgan fingerprint density at radius 3 is 2.32 bits per heavy atom. The van der Waals surface area contributed by atoms with Crippen molar-refractivity contribution in [1.29, 1.82) is 0 Å². The molecule has 25 heavy (non-hydrogen) atoms. The van der Waals surface area contributed by atoms with Crippen LogP contribution < -0.4 is 9.64 Å². The number of nitrogens with zero attached hydrogens (tertiary/aromatic N) is 1. The van der Waals surface area contributed by atoms with Gasteiger partial charge in [-0.2, -0.15) is 0 Å². The average molecular weight is 345 g/mol. The third kappa shape index (κ3) is 2.93. The first-order valence-corrected chi connectivity index (χ1v) is 9.30. The van der Waals surface area contributed by atoms with Gasteiger partial charge < -0.3 is 19.1 Å². The van der Waals surface area contributed by atoms with E-state index >= 15 is 0 Å². The molecule has 1 saturated heterocycles. The third-order valence-corrected chi connectivity index (χ3v) is 6.32. The predicted molar refractivity (Wildman–Crippen MR) is 94.6 cm³/mol. The van der Waals surface area contributed by atoms with Gasteiger partial charge in [0.1, 0.15) is 12.5 Å². The zero-order valence-electron chi connectivity index (χ0n) is 15.0. The maximum atomic E-state index is 12.7. The zero-order valence-corrected chi connectivity index (χ0v) is 15.0. The van der Waals surface area contributed by atoms with Crippen LogP contribution in [0.3, 0.4) is 0 Å². The first-order chi connectivity index (χ1) is 12.2. The van der Waals surface area contributed by atoms with Crippen LogP contribution in [0.4, 0.5) is 5.69 Å². The molecule has 2 aliphatic carbocycles. The number of rotatable bonds is 7. The van der Waals surface area contributed by atoms with Crippen molar-refractivity contribution in [1.82, 2.24) is 0 Å². The Bertz CT molecular complexity index is 607. The van der Waals surface area contributed by atoms with E-state index in [2.05, 4.69) is 0 Å². The lowest BCUT2D eigenvalue weighted by Gasteiger charge is -2.56. The topological polar surface area (TPSA) is 48.0 Å². The molecule has 1 aromatic rings. The van der Waals surface area contributed by atoms with Gasteiger partial charge >= 0.3 is 0 Å². The van der Waals surface area contributed by atoms with Crippen LogP contribution in [0.2, 0.25) is 0 Å². The van der Waals surface area contributed by atoms with E-state index in [-0.39, 0.29) is 24.8 Å². The van der Waals surface area contributed by atoms with E-state index < -0.39 is 0 Å². The summed E-state index contributed by atoms with van der Waals surface area (Å²) in [4.78, 5) is 14.6. The number of benzene rings is 1. The molecule has 5 nitrogen and oxygen atoms in total. The van der Waals surface area contributed by atoms with Crippen LogP contribution >= 0.6 is 0 Å². The fourth-order valence-corrected chi connectivity index (χ4v) is 4.58. The summed E-state index contributed by atoms with van der Waals surface area (Å²) >= 11 is 0. The van der Waals surface area contributed by atoms with E-state index in [0.29, 0.717) is 5.92 Å². The fourth-order valence-electron chi connectivity index (χ4n) is 4.58. The van der Waals surface area contributed by atoms with Gasteiger partial charge in [0.15, 0.2) is 6.10 Å². The molecule has 0 spiro atoms. The minimum Gasteiger partial charge on any atom is -0.497 e. The molecule has 3 fully saturated rings. The summed E-state index contributed by atoms with van der Waals surface area (Å²) in [5, 5.41) is 0. The number of methoxy groups -OCH3 is 2. The molecule has 1 unspecified atom stereocenters. The second-order valence-electron chi connectivity index (χ2n) is 7.57. The van der Waals surface area contributed by atoms with E-state index in [9.17, 15) is 4.79 Å². The molecular weight excluding hydrogens is 318 g/mol. The summed E-state index contributed by atoms with van der Waals surface area (Å²) in [5.41, 5.74) is 0.931. The van der Waals surface area contributed by atoms with Crippen LogP contribution in [-0.2, 0) is 14.3 Å². The van der Waals surface area contributed by atoms with E-state index in [1.165, 1.54) is 32.1 Å². The number of amides is 1. The number of carbonyl (C=O) groups excluding carboxylic acids is 1. The Morgan fingerprint density at radius 2 is 1.76 bits per heavy atom. The summed E-state index contributed by atoms with van der Waals surface area (Å²) in [6.07, 6.45) is 6.27. The van der Waals surface area contributed by atoms with Crippen molar-refractivity contribution in [3.63, 3.8) is 0 Å². The Morgan fingerprint density at radius 1 is 1.04 bits per heavy atom. The van der Waals surface area contributed by atoms with Gasteiger partial charge in [-0.25, -0.2) is 0 Å². The minimum absolute atomic E-state index is 0.0410. The van der Waals surface area contributed by atoms with Crippen molar-refractivity contribution >= 4 is 11.6 Å². The first-order valence-electron chi connectivity index (χ1n) is 9.30. The summed E-state index contributed by atoms with van der Waals surface area (Å²) in [6, 6.07) is 7.85. The van der Waals surface area contributed by atoms with Gasteiger partial charge in [0.25, 0.3) is 5.91 Å². The standard InChI is InChI=1S/C20H27NO4/c1-23-12-25-19-18(15-10-14(11-15)13-4-3-5-13)21(20(19)22)16-6-8-17(24-2)9-7-16/h6-9,13-15,18-19H,3-5,10-12H2,1-2H3/t14?,15?,18?,19-/m1/s1. The number of anilines is 1.